The highest BCUT2D eigenvalue weighted by atomic mass is 32.2. The summed E-state index contributed by atoms with van der Waals surface area (Å²) >= 11 is 0.917. The van der Waals surface area contributed by atoms with Crippen LogP contribution in [0.1, 0.15) is 29.9 Å². The van der Waals surface area contributed by atoms with Crippen molar-refractivity contribution in [3.63, 3.8) is 0 Å². The number of carbonyl (C=O) groups excluding carboxylic acids is 1. The molecule has 7 aromatic carbocycles. The van der Waals surface area contributed by atoms with Crippen molar-refractivity contribution in [1.82, 2.24) is 48.7 Å². The largest absolute Gasteiger partial charge is 0.508 e. The van der Waals surface area contributed by atoms with Crippen LogP contribution in [0.2, 0.25) is 0 Å². The second kappa shape index (κ2) is 30.5. The van der Waals surface area contributed by atoms with Gasteiger partial charge in [-0.25, -0.2) is 54.6 Å². The number of nitroso groups, excluding NO2 is 1. The molecule has 3 aliphatic heterocycles. The summed E-state index contributed by atoms with van der Waals surface area (Å²) < 4.78 is 102. The molecule has 26 nitrogen and oxygen atoms in total. The fraction of sp³-hybridized carbons (Fsp3) is 0.221. The number of benzene rings is 7. The Balaban J connectivity index is 0.000000193. The number of halogens is 1. The van der Waals surface area contributed by atoms with Crippen LogP contribution in [0.15, 0.2) is 228 Å². The average Bonchev–Trinajstić information content (AvgIpc) is 1.72. The molecule has 1 atom stereocenters. The van der Waals surface area contributed by atoms with E-state index in [2.05, 4.69) is 99.5 Å². The zero-order valence-corrected chi connectivity index (χ0v) is 56.7. The van der Waals surface area contributed by atoms with Gasteiger partial charge in [0, 0.05) is 143 Å². The van der Waals surface area contributed by atoms with Gasteiger partial charge in [-0.15, -0.1) is 5.01 Å². The molecule has 99 heavy (non-hydrogen) atoms. The maximum atomic E-state index is 14.4. The van der Waals surface area contributed by atoms with Crippen LogP contribution in [0.25, 0.3) is 21.7 Å². The second-order valence-electron chi connectivity index (χ2n) is 23.3. The molecule has 0 saturated carbocycles. The molecule has 4 aromatic heterocycles. The number of amides is 1. The van der Waals surface area contributed by atoms with Gasteiger partial charge in [-0.05, 0) is 119 Å². The average molecular weight is 1420 g/mol. The standard InChI is InChI=1S/C25H25N5O3S.C22H21FN7O4S2.C21H23N5O2S.4H2/c31-24-10-5-19-3-1-2-4-22(19)23(24)17-29-13-15-30(16-14-29)20-6-8-21(9-7-20)34(32,33)28-25-11-12-26-18-27-25;1-15(28-10-9-16-3-2-4-19(23)21(16)28)30(32)27-11-12-29(20(31)13-27)17-5-7-18(8-6-17)36(33,34)26-22-24-14-25-35-22;27-29(28,24-21-10-11-22-17-23-21)20-8-6-19(7-9-20)26-14-12-25(13-15-26)16-18-4-2-1-3-5-18;;;;/h1-12,18,31H,13-17H2,(H,26,27,28);2-10,14-15H,11-13H2,1H3,(H,24,25,26);1-11,17H,12-16H2,(H,22,23,24);4*1H/q;+1;;;;;/t;15-;;;;;/m.1...../s1. The summed E-state index contributed by atoms with van der Waals surface area (Å²) in [7, 11) is -11.2. The van der Waals surface area contributed by atoms with Crippen LogP contribution in [-0.4, -0.2) is 162 Å². The van der Waals surface area contributed by atoms with Gasteiger partial charge in [-0.3, -0.25) is 33.3 Å². The molecule has 518 valence electrons. The van der Waals surface area contributed by atoms with Crippen molar-refractivity contribution in [2.24, 2.45) is 0 Å². The summed E-state index contributed by atoms with van der Waals surface area (Å²) in [4.78, 5) is 57.0. The lowest BCUT2D eigenvalue weighted by Crippen LogP contribution is -2.54. The summed E-state index contributed by atoms with van der Waals surface area (Å²) in [5.74, 6) is 0.0580. The van der Waals surface area contributed by atoms with Gasteiger partial charge in [-0.1, -0.05) is 72.8 Å². The quantitative estimate of drug-likeness (QED) is 0.0547. The number of aromatic nitrogens is 7. The lowest BCUT2D eigenvalue weighted by molar-refractivity contribution is -0.747. The lowest BCUT2D eigenvalue weighted by atomic mass is 10.0. The number of phenols is 1. The van der Waals surface area contributed by atoms with Crippen LogP contribution in [0, 0.1) is 10.7 Å². The number of carbonyl (C=O) groups is 1. The number of piperazine rings is 3. The van der Waals surface area contributed by atoms with Crippen molar-refractivity contribution in [2.75, 3.05) is 101 Å². The number of fused-ring (bicyclic) bond motifs is 2. The minimum Gasteiger partial charge on any atom is -0.508 e. The monoisotopic (exact) mass is 1420 g/mol. The van der Waals surface area contributed by atoms with Crippen LogP contribution in [0.3, 0.4) is 0 Å². The predicted octanol–water partition coefficient (Wildman–Crippen LogP) is 10.0. The van der Waals surface area contributed by atoms with Gasteiger partial charge in [-0.2, -0.15) is 4.37 Å². The van der Waals surface area contributed by atoms with Crippen molar-refractivity contribution in [2.45, 2.75) is 40.9 Å². The molecule has 0 radical (unpaired) electrons. The number of hydrogen-bond acceptors (Lipinski definition) is 20. The van der Waals surface area contributed by atoms with Crippen LogP contribution in [-0.2, 0) is 48.0 Å². The van der Waals surface area contributed by atoms with Gasteiger partial charge in [0.1, 0.15) is 47.1 Å². The molecule has 11 aromatic rings. The van der Waals surface area contributed by atoms with E-state index in [1.807, 2.05) is 48.5 Å². The molecule has 31 heteroatoms. The van der Waals surface area contributed by atoms with E-state index in [-0.39, 0.29) is 62.7 Å². The first-order valence-electron chi connectivity index (χ1n) is 31.5. The summed E-state index contributed by atoms with van der Waals surface area (Å²) in [6.07, 6.45) is 7.70. The van der Waals surface area contributed by atoms with Gasteiger partial charge in [0.25, 0.3) is 36.0 Å². The van der Waals surface area contributed by atoms with Crippen LogP contribution in [0.5, 0.6) is 5.75 Å². The molecule has 4 N–H and O–H groups in total. The van der Waals surface area contributed by atoms with E-state index in [4.69, 9.17) is 0 Å². The van der Waals surface area contributed by atoms with Gasteiger partial charge >= 0.3 is 6.17 Å². The van der Waals surface area contributed by atoms with Crippen molar-refractivity contribution in [1.29, 1.82) is 0 Å². The number of hydrogen-bond donors (Lipinski definition) is 4. The fourth-order valence-corrected chi connectivity index (χ4v) is 15.5. The maximum Gasteiger partial charge on any atom is 0.309 e. The third kappa shape index (κ3) is 16.7. The SMILES string of the molecule is C[C@H](n1ccc2cccc(F)c21)[N+](=O)N1CCN(c2ccc(S(=O)(=O)Nc3ncns3)cc2)C(=O)C1.O=S(=O)(Nc1ccncn1)c1ccc(N2CCN(Cc3c(O)ccc4ccccc34)CC2)cc1.O=S(=O)(Nc1ccncn1)c1ccc(N2CCN(Cc3ccccc3)CC2)cc1.[HH].[HH].[HH].[HH]. The van der Waals surface area contributed by atoms with E-state index in [1.165, 1.54) is 89.3 Å². The number of para-hydroxylation sites is 1. The van der Waals surface area contributed by atoms with Gasteiger partial charge < -0.3 is 19.8 Å². The molecule has 3 fully saturated rings. The number of phenolic OH excluding ortho intramolecular Hbond substituents is 1. The van der Waals surface area contributed by atoms with E-state index in [0.29, 0.717) is 33.8 Å². The first-order valence-corrected chi connectivity index (χ1v) is 36.7. The Morgan fingerprint density at radius 2 is 1.09 bits per heavy atom. The molecular formula is C68H77FN17O9S4+. The molecule has 3 saturated heterocycles. The zero-order chi connectivity index (χ0) is 69.1. The number of rotatable bonds is 19. The third-order valence-electron chi connectivity index (χ3n) is 17.0. The molecule has 0 bridgehead atoms. The highest BCUT2D eigenvalue weighted by Gasteiger charge is 2.37. The smallest absolute Gasteiger partial charge is 0.309 e. The third-order valence-corrected chi connectivity index (χ3v) is 21.8. The van der Waals surface area contributed by atoms with Crippen LogP contribution < -0.4 is 28.9 Å². The maximum absolute atomic E-state index is 14.4. The van der Waals surface area contributed by atoms with Crippen LogP contribution in [0.4, 0.5) is 38.2 Å². The fourth-order valence-electron chi connectivity index (χ4n) is 11.8. The summed E-state index contributed by atoms with van der Waals surface area (Å²) in [5.41, 5.74) is 5.13. The molecular weight excluding hydrogens is 1350 g/mol. The Kier molecular flexibility index (Phi) is 21.0. The molecule has 0 spiro atoms. The topological polar surface area (TPSA) is 298 Å². The Morgan fingerprint density at radius 1 is 0.556 bits per heavy atom. The number of nitrogens with zero attached hydrogens (tertiary/aromatic N) is 14. The van der Waals surface area contributed by atoms with Gasteiger partial charge in [0.2, 0.25) is 5.13 Å². The van der Waals surface area contributed by atoms with E-state index >= 15 is 0 Å². The Hall–Kier alpha value is -10.6. The van der Waals surface area contributed by atoms with Crippen molar-refractivity contribution >= 4 is 103 Å². The predicted molar refractivity (Wildman–Crippen MR) is 385 cm³/mol. The molecule has 14 rings (SSSR count). The van der Waals surface area contributed by atoms with Crippen LogP contribution >= 0.6 is 11.5 Å². The van der Waals surface area contributed by atoms with E-state index in [9.17, 15) is 44.5 Å². The van der Waals surface area contributed by atoms with Crippen molar-refractivity contribution < 1.29 is 50.1 Å². The van der Waals surface area contributed by atoms with E-state index < -0.39 is 42.1 Å². The molecule has 3 aliphatic rings. The summed E-state index contributed by atoms with van der Waals surface area (Å²) in [5, 5.41) is 14.9. The van der Waals surface area contributed by atoms with Gasteiger partial charge in [0.15, 0.2) is 6.54 Å². The molecule has 1 amide bonds. The second-order valence-corrected chi connectivity index (χ2v) is 29.1. The first-order chi connectivity index (χ1) is 47.8. The van der Waals surface area contributed by atoms with Crippen molar-refractivity contribution in [3.05, 3.63) is 235 Å². The number of aromatic hydroxyl groups is 1. The van der Waals surface area contributed by atoms with Crippen molar-refractivity contribution in [3.8, 4) is 5.75 Å². The Bertz CT molecular complexity index is 4960. The van der Waals surface area contributed by atoms with E-state index in [0.717, 1.165) is 98.1 Å². The number of anilines is 6. The Morgan fingerprint density at radius 3 is 1.64 bits per heavy atom. The summed E-state index contributed by atoms with van der Waals surface area (Å²) in [6, 6.07) is 51.5. The number of sulfonamides is 3. The highest BCUT2D eigenvalue weighted by Crippen LogP contribution is 2.31. The molecule has 0 unspecified atom stereocenters. The van der Waals surface area contributed by atoms with E-state index in [1.54, 1.807) is 66.2 Å². The lowest BCUT2D eigenvalue weighted by Gasteiger charge is -2.36. The zero-order valence-electron chi connectivity index (χ0n) is 53.5. The number of hydrazine groups is 1. The molecule has 0 aliphatic carbocycles. The normalized spacial score (nSPS) is 15.2. The minimum atomic E-state index is -3.84. The Labute approximate surface area is 581 Å². The number of nitrogens with one attached hydrogen (secondary N) is 3. The highest BCUT2D eigenvalue weighted by molar-refractivity contribution is 7.93. The molecule has 7 heterocycles. The minimum absolute atomic E-state index is 0. The summed E-state index contributed by atoms with van der Waals surface area (Å²) in [6.45, 7) is 10.7. The first kappa shape index (κ1) is 68.4. The van der Waals surface area contributed by atoms with Gasteiger partial charge in [0.05, 0.1) is 31.7 Å².